The van der Waals surface area contributed by atoms with Crippen molar-refractivity contribution < 1.29 is 29.3 Å². The number of hydrogen-bond acceptors (Lipinski definition) is 5. The summed E-state index contributed by atoms with van der Waals surface area (Å²) < 4.78 is 5.13. The van der Waals surface area contributed by atoms with E-state index in [1.165, 1.54) is 18.4 Å². The average molecular weight is 433 g/mol. The Morgan fingerprint density at radius 3 is 2.65 bits per heavy atom. The quantitative estimate of drug-likeness (QED) is 0.552. The van der Waals surface area contributed by atoms with E-state index >= 15 is 0 Å². The van der Waals surface area contributed by atoms with Crippen LogP contribution in [0.5, 0.6) is 11.5 Å². The van der Waals surface area contributed by atoms with Crippen molar-refractivity contribution in [2.45, 2.75) is 69.9 Å². The third-order valence-electron chi connectivity index (χ3n) is 6.35. The Morgan fingerprint density at radius 1 is 1.23 bits per heavy atom. The molecule has 1 heterocycles. The third-order valence-corrected chi connectivity index (χ3v) is 6.35. The molecule has 2 fully saturated rings. The Bertz CT molecular complexity index is 805. The van der Waals surface area contributed by atoms with Crippen molar-refractivity contribution in [2.24, 2.45) is 5.92 Å². The van der Waals surface area contributed by atoms with Gasteiger partial charge in [0, 0.05) is 6.54 Å². The van der Waals surface area contributed by atoms with Crippen LogP contribution in [0.1, 0.15) is 56.9 Å². The molecule has 0 radical (unpaired) electrons. The van der Waals surface area contributed by atoms with Crippen LogP contribution in [0.3, 0.4) is 0 Å². The topological polar surface area (TPSA) is 116 Å². The molecule has 1 saturated carbocycles. The highest BCUT2D eigenvalue weighted by molar-refractivity contribution is 5.98. The molecule has 1 aromatic rings. The SMILES string of the molecule is COc1cc(CCCN2C(=O)C(CC3CCCCC3)NC(=O)C2CC(=O)O)ccc1O. The van der Waals surface area contributed by atoms with Crippen LogP contribution in [0.15, 0.2) is 18.2 Å². The second-order valence-corrected chi connectivity index (χ2v) is 8.56. The Morgan fingerprint density at radius 2 is 1.97 bits per heavy atom. The number of rotatable bonds is 9. The number of methoxy groups -OCH3 is 1. The summed E-state index contributed by atoms with van der Waals surface area (Å²) in [6.07, 6.45) is 7.06. The lowest BCUT2D eigenvalue weighted by molar-refractivity contribution is -0.153. The van der Waals surface area contributed by atoms with Gasteiger partial charge in [-0.2, -0.15) is 0 Å². The van der Waals surface area contributed by atoms with Gasteiger partial charge in [-0.05, 0) is 42.9 Å². The van der Waals surface area contributed by atoms with E-state index in [4.69, 9.17) is 4.74 Å². The van der Waals surface area contributed by atoms with Crippen LogP contribution in [-0.2, 0) is 20.8 Å². The number of aromatic hydroxyl groups is 1. The second kappa shape index (κ2) is 10.5. The van der Waals surface area contributed by atoms with Crippen molar-refractivity contribution in [1.82, 2.24) is 10.2 Å². The molecule has 1 aromatic carbocycles. The second-order valence-electron chi connectivity index (χ2n) is 8.56. The fourth-order valence-electron chi connectivity index (χ4n) is 4.71. The average Bonchev–Trinajstić information content (AvgIpc) is 2.75. The number of carbonyl (C=O) groups is 3. The first-order valence-corrected chi connectivity index (χ1v) is 11.1. The van der Waals surface area contributed by atoms with Gasteiger partial charge in [-0.3, -0.25) is 14.4 Å². The van der Waals surface area contributed by atoms with Crippen LogP contribution in [-0.4, -0.2) is 58.6 Å². The first kappa shape index (κ1) is 22.9. The Kier molecular flexibility index (Phi) is 7.76. The molecule has 2 aliphatic rings. The minimum atomic E-state index is -1.10. The van der Waals surface area contributed by atoms with Gasteiger partial charge < -0.3 is 25.2 Å². The first-order chi connectivity index (χ1) is 14.9. The number of amides is 2. The summed E-state index contributed by atoms with van der Waals surface area (Å²) in [4.78, 5) is 38.6. The maximum atomic E-state index is 13.2. The molecule has 0 bridgehead atoms. The van der Waals surface area contributed by atoms with Crippen molar-refractivity contribution in [2.75, 3.05) is 13.7 Å². The molecule has 1 saturated heterocycles. The predicted molar refractivity (Wildman–Crippen MR) is 114 cm³/mol. The van der Waals surface area contributed by atoms with Crippen LogP contribution in [0.4, 0.5) is 0 Å². The number of hydrogen-bond donors (Lipinski definition) is 3. The summed E-state index contributed by atoms with van der Waals surface area (Å²) >= 11 is 0. The van der Waals surface area contributed by atoms with E-state index in [1.807, 2.05) is 0 Å². The van der Waals surface area contributed by atoms with E-state index in [2.05, 4.69) is 5.32 Å². The Labute approximate surface area is 182 Å². The van der Waals surface area contributed by atoms with Gasteiger partial charge in [0.2, 0.25) is 11.8 Å². The van der Waals surface area contributed by atoms with E-state index in [-0.39, 0.29) is 17.6 Å². The summed E-state index contributed by atoms with van der Waals surface area (Å²) in [5.74, 6) is -0.811. The number of carbonyl (C=O) groups excluding carboxylic acids is 2. The van der Waals surface area contributed by atoms with Crippen LogP contribution < -0.4 is 10.1 Å². The van der Waals surface area contributed by atoms with E-state index in [1.54, 1.807) is 18.2 Å². The fraction of sp³-hybridized carbons (Fsp3) is 0.609. The fourth-order valence-corrected chi connectivity index (χ4v) is 4.71. The lowest BCUT2D eigenvalue weighted by Gasteiger charge is -2.40. The van der Waals surface area contributed by atoms with Crippen molar-refractivity contribution in [1.29, 1.82) is 0 Å². The molecular weight excluding hydrogens is 400 g/mol. The van der Waals surface area contributed by atoms with Crippen LogP contribution >= 0.6 is 0 Å². The number of phenols is 1. The number of benzene rings is 1. The van der Waals surface area contributed by atoms with Gasteiger partial charge in [0.25, 0.3) is 0 Å². The summed E-state index contributed by atoms with van der Waals surface area (Å²) in [6, 6.07) is 3.52. The van der Waals surface area contributed by atoms with Crippen molar-refractivity contribution >= 4 is 17.8 Å². The number of aliphatic carboxylic acids is 1. The Hall–Kier alpha value is -2.77. The number of nitrogens with one attached hydrogen (secondary N) is 1. The van der Waals surface area contributed by atoms with E-state index < -0.39 is 24.5 Å². The molecule has 2 atom stereocenters. The highest BCUT2D eigenvalue weighted by Gasteiger charge is 2.41. The lowest BCUT2D eigenvalue weighted by Crippen LogP contribution is -2.64. The minimum absolute atomic E-state index is 0.0567. The molecule has 1 aliphatic carbocycles. The zero-order chi connectivity index (χ0) is 22.4. The molecule has 3 N–H and O–H groups in total. The van der Waals surface area contributed by atoms with Gasteiger partial charge in [-0.1, -0.05) is 38.2 Å². The molecule has 0 spiro atoms. The number of piperazine rings is 1. The standard InChI is InChI=1S/C23H32N2O6/c1-31-20-13-16(9-10-19(20)26)8-5-11-25-18(14-21(27)28)22(29)24-17(23(25)30)12-15-6-3-2-4-7-15/h9-10,13,15,17-18,26H,2-8,11-12,14H2,1H3,(H,24,29)(H,27,28). The number of aryl methyl sites for hydroxylation is 1. The molecule has 3 rings (SSSR count). The summed E-state index contributed by atoms with van der Waals surface area (Å²) in [5.41, 5.74) is 0.928. The maximum Gasteiger partial charge on any atom is 0.305 e. The minimum Gasteiger partial charge on any atom is -0.504 e. The Balaban J connectivity index is 1.67. The number of phenolic OH excluding ortho intramolecular Hbond substituents is 1. The van der Waals surface area contributed by atoms with Gasteiger partial charge in [-0.15, -0.1) is 0 Å². The zero-order valence-electron chi connectivity index (χ0n) is 18.0. The van der Waals surface area contributed by atoms with E-state index in [0.717, 1.165) is 31.2 Å². The molecule has 170 valence electrons. The van der Waals surface area contributed by atoms with E-state index in [9.17, 15) is 24.6 Å². The number of nitrogens with zero attached hydrogens (tertiary/aromatic N) is 1. The molecule has 2 amide bonds. The summed E-state index contributed by atoms with van der Waals surface area (Å²) in [6.45, 7) is 0.300. The third kappa shape index (κ3) is 5.89. The molecule has 8 heteroatoms. The molecule has 2 unspecified atom stereocenters. The molecule has 31 heavy (non-hydrogen) atoms. The van der Waals surface area contributed by atoms with E-state index in [0.29, 0.717) is 37.5 Å². The van der Waals surface area contributed by atoms with Crippen LogP contribution in [0.2, 0.25) is 0 Å². The summed E-state index contributed by atoms with van der Waals surface area (Å²) in [7, 11) is 1.48. The smallest absolute Gasteiger partial charge is 0.305 e. The highest BCUT2D eigenvalue weighted by Crippen LogP contribution is 2.30. The van der Waals surface area contributed by atoms with Gasteiger partial charge in [0.15, 0.2) is 11.5 Å². The molecule has 1 aliphatic heterocycles. The number of ether oxygens (including phenoxy) is 1. The molecule has 8 nitrogen and oxygen atoms in total. The maximum absolute atomic E-state index is 13.2. The molecular formula is C23H32N2O6. The normalized spacial score (nSPS) is 22.3. The van der Waals surface area contributed by atoms with Gasteiger partial charge in [0.05, 0.1) is 13.5 Å². The molecule has 0 aromatic heterocycles. The zero-order valence-corrected chi connectivity index (χ0v) is 18.0. The van der Waals surface area contributed by atoms with Crippen molar-refractivity contribution in [3.63, 3.8) is 0 Å². The van der Waals surface area contributed by atoms with Gasteiger partial charge in [0.1, 0.15) is 12.1 Å². The van der Waals surface area contributed by atoms with Gasteiger partial charge >= 0.3 is 5.97 Å². The lowest BCUT2D eigenvalue weighted by atomic mass is 9.84. The number of carboxylic acid groups (broad SMARTS) is 1. The summed E-state index contributed by atoms with van der Waals surface area (Å²) in [5, 5.41) is 21.8. The van der Waals surface area contributed by atoms with Gasteiger partial charge in [-0.25, -0.2) is 0 Å². The first-order valence-electron chi connectivity index (χ1n) is 11.1. The van der Waals surface area contributed by atoms with Crippen molar-refractivity contribution in [3.8, 4) is 11.5 Å². The van der Waals surface area contributed by atoms with Crippen LogP contribution in [0, 0.1) is 5.92 Å². The highest BCUT2D eigenvalue weighted by atomic mass is 16.5. The number of carboxylic acids is 1. The monoisotopic (exact) mass is 432 g/mol. The predicted octanol–water partition coefficient (Wildman–Crippen LogP) is 2.47. The van der Waals surface area contributed by atoms with Crippen molar-refractivity contribution in [3.05, 3.63) is 23.8 Å². The van der Waals surface area contributed by atoms with Crippen LogP contribution in [0.25, 0.3) is 0 Å². The largest absolute Gasteiger partial charge is 0.504 e.